The Kier molecular flexibility index (Phi) is 30.4. The van der Waals surface area contributed by atoms with Crippen molar-refractivity contribution in [3.8, 4) is 5.75 Å². The number of ether oxygens (including phenoxy) is 1. The molecule has 0 aliphatic rings. The average molecular weight is 288 g/mol. The van der Waals surface area contributed by atoms with E-state index in [1.807, 2.05) is 41.5 Å². The lowest BCUT2D eigenvalue weighted by atomic mass is 10.1. The first-order valence-electron chi connectivity index (χ1n) is 6.98. The fraction of sp³-hybridized carbons (Fsp3) is 0.562. The topological polar surface area (TPSA) is 66.8 Å². The van der Waals surface area contributed by atoms with Crippen LogP contribution in [0.4, 0.5) is 0 Å². The number of hydrogen-bond acceptors (Lipinski definition) is 4. The molecule has 1 aromatic carbocycles. The number of aliphatic hydroxyl groups is 1. The fourth-order valence-corrected chi connectivity index (χ4v) is 1.02. The van der Waals surface area contributed by atoms with Gasteiger partial charge in [0.15, 0.2) is 0 Å². The molecule has 1 rings (SSSR count). The Morgan fingerprint density at radius 3 is 1.70 bits per heavy atom. The van der Waals surface area contributed by atoms with Crippen LogP contribution in [0.1, 0.15) is 57.5 Å². The van der Waals surface area contributed by atoms with E-state index in [1.54, 1.807) is 19.1 Å². The molecule has 0 saturated carbocycles. The molecule has 0 aliphatic carbocycles. The largest absolute Gasteiger partial charge is 0.507 e. The lowest BCUT2D eigenvalue weighted by molar-refractivity contribution is 0.0596. The van der Waals surface area contributed by atoms with Crippen LogP contribution < -0.4 is 0 Å². The van der Waals surface area contributed by atoms with Gasteiger partial charge >= 0.3 is 5.97 Å². The summed E-state index contributed by atoms with van der Waals surface area (Å²) in [6, 6.07) is 4.88. The summed E-state index contributed by atoms with van der Waals surface area (Å²) >= 11 is 0. The van der Waals surface area contributed by atoms with Gasteiger partial charge in [-0.3, -0.25) is 0 Å². The first-order valence-corrected chi connectivity index (χ1v) is 6.98. The maximum atomic E-state index is 11.1. The highest BCUT2D eigenvalue weighted by molar-refractivity contribution is 5.93. The van der Waals surface area contributed by atoms with E-state index >= 15 is 0 Å². The number of aryl methyl sites for hydroxylation is 1. The van der Waals surface area contributed by atoms with Crippen LogP contribution in [0.25, 0.3) is 0 Å². The predicted molar refractivity (Wildman–Crippen MR) is 86.4 cm³/mol. The first kappa shape index (κ1) is 26.9. The lowest BCUT2D eigenvalue weighted by Crippen LogP contribution is -2.03. The molecule has 20 heavy (non-hydrogen) atoms. The molecular weight excluding hydrogens is 256 g/mol. The van der Waals surface area contributed by atoms with Crippen molar-refractivity contribution in [2.45, 2.75) is 48.5 Å². The Morgan fingerprint density at radius 2 is 1.40 bits per heavy atom. The molecule has 0 unspecified atom stereocenters. The van der Waals surface area contributed by atoms with Gasteiger partial charge < -0.3 is 14.9 Å². The van der Waals surface area contributed by atoms with Gasteiger partial charge in [0.1, 0.15) is 11.3 Å². The predicted octanol–water partition coefficient (Wildman–Crippen LogP) is 4.17. The number of aromatic hydroxyl groups is 1. The number of esters is 1. The molecule has 0 aromatic heterocycles. The molecule has 0 bridgehead atoms. The monoisotopic (exact) mass is 288 g/mol. The molecular formula is C16H32O4. The van der Waals surface area contributed by atoms with Gasteiger partial charge in [0.05, 0.1) is 7.11 Å². The highest BCUT2D eigenvalue weighted by atomic mass is 16.5. The zero-order valence-electron chi connectivity index (χ0n) is 14.4. The maximum absolute atomic E-state index is 11.1. The quantitative estimate of drug-likeness (QED) is 0.761. The third-order valence-corrected chi connectivity index (χ3v) is 1.64. The van der Waals surface area contributed by atoms with Crippen LogP contribution in [0.3, 0.4) is 0 Å². The van der Waals surface area contributed by atoms with Gasteiger partial charge in [-0.15, -0.1) is 0 Å². The Balaban J connectivity index is -0.000000138. The summed E-state index contributed by atoms with van der Waals surface area (Å²) in [5.74, 6) is -0.549. The number of carbonyl (C=O) groups is 1. The number of hydrogen-bond donors (Lipinski definition) is 2. The van der Waals surface area contributed by atoms with Crippen molar-refractivity contribution < 1.29 is 19.7 Å². The number of methoxy groups -OCH3 is 1. The molecule has 2 N–H and O–H groups in total. The Bertz CT molecular complexity index is 289. The second kappa shape index (κ2) is 22.6. The van der Waals surface area contributed by atoms with E-state index in [0.717, 1.165) is 7.11 Å². The van der Waals surface area contributed by atoms with Gasteiger partial charge in [0.25, 0.3) is 0 Å². The smallest absolute Gasteiger partial charge is 0.341 e. The summed E-state index contributed by atoms with van der Waals surface area (Å²) in [5, 5.41) is 16.3. The van der Waals surface area contributed by atoms with Crippen LogP contribution in [-0.2, 0) is 4.74 Å². The zero-order valence-corrected chi connectivity index (χ0v) is 14.4. The number of rotatable bonds is 1. The van der Waals surface area contributed by atoms with Crippen molar-refractivity contribution in [3.63, 3.8) is 0 Å². The van der Waals surface area contributed by atoms with Crippen LogP contribution in [-0.4, -0.2) is 30.4 Å². The summed E-state index contributed by atoms with van der Waals surface area (Å²) in [5.41, 5.74) is 0.946. The number of aliphatic hydroxyl groups excluding tert-OH is 1. The van der Waals surface area contributed by atoms with Gasteiger partial charge in [-0.05, 0) is 18.6 Å². The van der Waals surface area contributed by atoms with Crippen LogP contribution in [0, 0.1) is 6.92 Å². The first-order chi connectivity index (χ1) is 9.66. The summed E-state index contributed by atoms with van der Waals surface area (Å²) in [7, 11) is 2.29. The van der Waals surface area contributed by atoms with E-state index in [-0.39, 0.29) is 11.3 Å². The Morgan fingerprint density at radius 1 is 1.00 bits per heavy atom. The summed E-state index contributed by atoms with van der Waals surface area (Å²) < 4.78 is 4.50. The van der Waals surface area contributed by atoms with Crippen molar-refractivity contribution in [2.75, 3.05) is 14.2 Å². The van der Waals surface area contributed by atoms with Crippen molar-refractivity contribution >= 4 is 5.97 Å². The minimum Gasteiger partial charge on any atom is -0.507 e. The Hall–Kier alpha value is -1.55. The number of benzene rings is 1. The standard InChI is InChI=1S/C9H10O3.3C2H6.CH4O/c1-6-4-3-5-7(10)8(6)9(11)12-2;4*1-2/h3-5,10H,1-2H3;3*1-2H3;2H,1H3. The SMILES string of the molecule is CC.CC.CC.CO.COC(=O)c1c(C)cccc1O. The van der Waals surface area contributed by atoms with E-state index in [9.17, 15) is 9.90 Å². The van der Waals surface area contributed by atoms with Gasteiger partial charge in [0.2, 0.25) is 0 Å². The summed E-state index contributed by atoms with van der Waals surface area (Å²) in [4.78, 5) is 11.1. The van der Waals surface area contributed by atoms with Gasteiger partial charge in [-0.25, -0.2) is 4.79 Å². The van der Waals surface area contributed by atoms with E-state index < -0.39 is 5.97 Å². The third kappa shape index (κ3) is 11.5. The molecule has 0 fully saturated rings. The second-order valence-electron chi connectivity index (χ2n) is 2.46. The van der Waals surface area contributed by atoms with E-state index in [1.165, 1.54) is 13.2 Å². The molecule has 1 aromatic rings. The number of carbonyl (C=O) groups excluding carboxylic acids is 1. The fourth-order valence-electron chi connectivity index (χ4n) is 1.02. The van der Waals surface area contributed by atoms with Crippen LogP contribution in [0.5, 0.6) is 5.75 Å². The number of phenols is 1. The molecule has 4 heteroatoms. The highest BCUT2D eigenvalue weighted by Gasteiger charge is 2.13. The van der Waals surface area contributed by atoms with Crippen molar-refractivity contribution in [1.82, 2.24) is 0 Å². The van der Waals surface area contributed by atoms with Crippen molar-refractivity contribution in [2.24, 2.45) is 0 Å². The van der Waals surface area contributed by atoms with Crippen molar-refractivity contribution in [1.29, 1.82) is 0 Å². The van der Waals surface area contributed by atoms with E-state index in [2.05, 4.69) is 4.74 Å². The van der Waals surface area contributed by atoms with Gasteiger partial charge in [-0.1, -0.05) is 53.7 Å². The molecule has 0 radical (unpaired) electrons. The molecule has 120 valence electrons. The second-order valence-corrected chi connectivity index (χ2v) is 2.46. The molecule has 0 saturated heterocycles. The molecule has 0 spiro atoms. The third-order valence-electron chi connectivity index (χ3n) is 1.64. The minimum absolute atomic E-state index is 0.0400. The Labute approximate surface area is 124 Å². The molecule has 0 aliphatic heterocycles. The van der Waals surface area contributed by atoms with Gasteiger partial charge in [0, 0.05) is 7.11 Å². The summed E-state index contributed by atoms with van der Waals surface area (Å²) in [6.07, 6.45) is 0. The molecule has 0 atom stereocenters. The lowest BCUT2D eigenvalue weighted by Gasteiger charge is -2.04. The van der Waals surface area contributed by atoms with Crippen LogP contribution in [0.15, 0.2) is 18.2 Å². The maximum Gasteiger partial charge on any atom is 0.341 e. The summed E-state index contributed by atoms with van der Waals surface area (Å²) in [6.45, 7) is 13.7. The normalized spacial score (nSPS) is 6.90. The van der Waals surface area contributed by atoms with Gasteiger partial charge in [-0.2, -0.15) is 0 Å². The van der Waals surface area contributed by atoms with Crippen LogP contribution in [0.2, 0.25) is 0 Å². The van der Waals surface area contributed by atoms with E-state index in [0.29, 0.717) is 5.56 Å². The molecule has 0 amide bonds. The van der Waals surface area contributed by atoms with Crippen LogP contribution >= 0.6 is 0 Å². The minimum atomic E-state index is -0.509. The van der Waals surface area contributed by atoms with E-state index in [4.69, 9.17) is 5.11 Å². The van der Waals surface area contributed by atoms with Crippen molar-refractivity contribution in [3.05, 3.63) is 29.3 Å². The highest BCUT2D eigenvalue weighted by Crippen LogP contribution is 2.20. The number of phenolic OH excluding ortho intramolecular Hbond substituents is 1. The molecule has 4 nitrogen and oxygen atoms in total. The average Bonchev–Trinajstić information content (AvgIpc) is 2.54. The molecule has 0 heterocycles. The zero-order chi connectivity index (χ0) is 17.1.